The van der Waals surface area contributed by atoms with E-state index in [9.17, 15) is 9.59 Å². The van der Waals surface area contributed by atoms with Gasteiger partial charge >= 0.3 is 0 Å². The van der Waals surface area contributed by atoms with Crippen molar-refractivity contribution in [2.24, 2.45) is 0 Å². The second-order valence-corrected chi connectivity index (χ2v) is 5.45. The summed E-state index contributed by atoms with van der Waals surface area (Å²) < 4.78 is 5.64. The third-order valence-corrected chi connectivity index (χ3v) is 3.44. The number of nitrogens with zero attached hydrogens (tertiary/aromatic N) is 1. The molecular weight excluding hydrogens is 268 g/mol. The maximum atomic E-state index is 12.5. The summed E-state index contributed by atoms with van der Waals surface area (Å²) in [7, 11) is 0. The lowest BCUT2D eigenvalue weighted by Crippen LogP contribution is -2.48. The summed E-state index contributed by atoms with van der Waals surface area (Å²) in [5.41, 5.74) is 1.34. The zero-order valence-electron chi connectivity index (χ0n) is 12.8. The maximum Gasteiger partial charge on any atom is 0.254 e. The van der Waals surface area contributed by atoms with Gasteiger partial charge in [0.25, 0.3) is 5.91 Å². The molecule has 114 valence electrons. The van der Waals surface area contributed by atoms with E-state index in [1.54, 1.807) is 31.2 Å². The van der Waals surface area contributed by atoms with E-state index in [-0.39, 0.29) is 24.0 Å². The summed E-state index contributed by atoms with van der Waals surface area (Å²) in [6, 6.07) is 7.01. The molecule has 2 unspecified atom stereocenters. The molecule has 0 bridgehead atoms. The lowest BCUT2D eigenvalue weighted by molar-refractivity contribution is -0.115. The normalized spacial score (nSPS) is 22.0. The first-order valence-corrected chi connectivity index (χ1v) is 7.34. The SMILES string of the molecule is CCC(=O)Nc1ccc(C(=O)N2CC(C)OC(C)C2)cc1. The monoisotopic (exact) mass is 290 g/mol. The van der Waals surface area contributed by atoms with Gasteiger partial charge in [0.1, 0.15) is 0 Å². The average Bonchev–Trinajstić information content (AvgIpc) is 2.46. The summed E-state index contributed by atoms with van der Waals surface area (Å²) in [6.07, 6.45) is 0.547. The fourth-order valence-electron chi connectivity index (χ4n) is 2.47. The van der Waals surface area contributed by atoms with E-state index in [0.717, 1.165) is 0 Å². The van der Waals surface area contributed by atoms with Crippen LogP contribution in [-0.4, -0.2) is 42.0 Å². The lowest BCUT2D eigenvalue weighted by atomic mass is 10.1. The minimum Gasteiger partial charge on any atom is -0.372 e. The number of carbonyl (C=O) groups excluding carboxylic acids is 2. The molecule has 0 aliphatic carbocycles. The number of amides is 2. The van der Waals surface area contributed by atoms with Crippen molar-refractivity contribution in [3.8, 4) is 0 Å². The van der Waals surface area contributed by atoms with E-state index < -0.39 is 0 Å². The number of carbonyl (C=O) groups is 2. The van der Waals surface area contributed by atoms with Gasteiger partial charge in [-0.25, -0.2) is 0 Å². The molecule has 1 aliphatic heterocycles. The van der Waals surface area contributed by atoms with Crippen LogP contribution in [0.5, 0.6) is 0 Å². The van der Waals surface area contributed by atoms with Crippen LogP contribution < -0.4 is 5.32 Å². The van der Waals surface area contributed by atoms with Crippen molar-refractivity contribution in [3.63, 3.8) is 0 Å². The largest absolute Gasteiger partial charge is 0.372 e. The molecule has 0 spiro atoms. The first-order valence-electron chi connectivity index (χ1n) is 7.34. The van der Waals surface area contributed by atoms with Crippen LogP contribution >= 0.6 is 0 Å². The Hall–Kier alpha value is -1.88. The lowest BCUT2D eigenvalue weighted by Gasteiger charge is -2.35. The summed E-state index contributed by atoms with van der Waals surface area (Å²) in [5.74, 6) is -0.0322. The van der Waals surface area contributed by atoms with Crippen molar-refractivity contribution in [1.82, 2.24) is 4.90 Å². The highest BCUT2D eigenvalue weighted by molar-refractivity contribution is 5.95. The fraction of sp³-hybridized carbons (Fsp3) is 0.500. The Morgan fingerprint density at radius 2 is 1.76 bits per heavy atom. The summed E-state index contributed by atoms with van der Waals surface area (Å²) >= 11 is 0. The minimum absolute atomic E-state index is 0.00497. The van der Waals surface area contributed by atoms with Gasteiger partial charge in [-0.05, 0) is 38.1 Å². The highest BCUT2D eigenvalue weighted by atomic mass is 16.5. The predicted molar refractivity (Wildman–Crippen MR) is 81.3 cm³/mol. The van der Waals surface area contributed by atoms with Crippen molar-refractivity contribution < 1.29 is 14.3 Å². The Kier molecular flexibility index (Phi) is 4.96. The highest BCUT2D eigenvalue weighted by Gasteiger charge is 2.26. The first kappa shape index (κ1) is 15.5. The number of rotatable bonds is 3. The fourth-order valence-corrected chi connectivity index (χ4v) is 2.47. The van der Waals surface area contributed by atoms with Gasteiger partial charge in [0.05, 0.1) is 12.2 Å². The smallest absolute Gasteiger partial charge is 0.254 e. The molecule has 1 N–H and O–H groups in total. The molecule has 2 atom stereocenters. The molecule has 1 aromatic rings. The molecule has 1 saturated heterocycles. The third kappa shape index (κ3) is 4.04. The van der Waals surface area contributed by atoms with Crippen molar-refractivity contribution in [1.29, 1.82) is 0 Å². The molecule has 0 radical (unpaired) electrons. The van der Waals surface area contributed by atoms with Crippen LogP contribution in [0.3, 0.4) is 0 Å². The van der Waals surface area contributed by atoms with E-state index in [2.05, 4.69) is 5.32 Å². The first-order chi connectivity index (χ1) is 9.99. The van der Waals surface area contributed by atoms with Crippen LogP contribution in [0.25, 0.3) is 0 Å². The molecule has 0 aromatic heterocycles. The number of hydrogen-bond donors (Lipinski definition) is 1. The molecule has 1 heterocycles. The molecule has 5 nitrogen and oxygen atoms in total. The topological polar surface area (TPSA) is 58.6 Å². The van der Waals surface area contributed by atoms with Crippen molar-refractivity contribution in [2.75, 3.05) is 18.4 Å². The summed E-state index contributed by atoms with van der Waals surface area (Å²) in [6.45, 7) is 6.96. The standard InChI is InChI=1S/C16H22N2O3/c1-4-15(19)17-14-7-5-13(6-8-14)16(20)18-9-11(2)21-12(3)10-18/h5-8,11-12H,4,9-10H2,1-3H3,(H,17,19). The quantitative estimate of drug-likeness (QED) is 0.929. The van der Waals surface area contributed by atoms with Crippen LogP contribution in [0.2, 0.25) is 0 Å². The molecule has 21 heavy (non-hydrogen) atoms. The van der Waals surface area contributed by atoms with Gasteiger partial charge in [0, 0.05) is 30.8 Å². The zero-order valence-corrected chi connectivity index (χ0v) is 12.8. The number of morpholine rings is 1. The van der Waals surface area contributed by atoms with Gasteiger partial charge in [-0.1, -0.05) is 6.92 Å². The molecule has 1 aliphatic rings. The second-order valence-electron chi connectivity index (χ2n) is 5.45. The van der Waals surface area contributed by atoms with Gasteiger partial charge in [0.2, 0.25) is 5.91 Å². The zero-order chi connectivity index (χ0) is 15.4. The van der Waals surface area contributed by atoms with Crippen LogP contribution in [-0.2, 0) is 9.53 Å². The molecule has 1 fully saturated rings. The van der Waals surface area contributed by atoms with Crippen LogP contribution in [0.4, 0.5) is 5.69 Å². The van der Waals surface area contributed by atoms with Crippen molar-refractivity contribution >= 4 is 17.5 Å². The van der Waals surface area contributed by atoms with Gasteiger partial charge in [-0.2, -0.15) is 0 Å². The van der Waals surface area contributed by atoms with Crippen LogP contribution in [0.1, 0.15) is 37.6 Å². The van der Waals surface area contributed by atoms with Crippen molar-refractivity contribution in [3.05, 3.63) is 29.8 Å². The Bertz CT molecular complexity index is 503. The average molecular weight is 290 g/mol. The third-order valence-electron chi connectivity index (χ3n) is 3.44. The number of ether oxygens (including phenoxy) is 1. The van der Waals surface area contributed by atoms with Gasteiger partial charge < -0.3 is 15.0 Å². The van der Waals surface area contributed by atoms with Gasteiger partial charge in [-0.15, -0.1) is 0 Å². The van der Waals surface area contributed by atoms with Crippen LogP contribution in [0, 0.1) is 0 Å². The van der Waals surface area contributed by atoms with E-state index in [1.165, 1.54) is 0 Å². The number of hydrogen-bond acceptors (Lipinski definition) is 3. The second kappa shape index (κ2) is 6.72. The Morgan fingerprint density at radius 1 is 1.19 bits per heavy atom. The number of nitrogens with one attached hydrogen (secondary N) is 1. The summed E-state index contributed by atoms with van der Waals surface area (Å²) in [5, 5.41) is 2.77. The number of anilines is 1. The molecule has 5 heteroatoms. The molecule has 2 amide bonds. The molecule has 0 saturated carbocycles. The van der Waals surface area contributed by atoms with Crippen LogP contribution in [0.15, 0.2) is 24.3 Å². The van der Waals surface area contributed by atoms with E-state index >= 15 is 0 Å². The number of benzene rings is 1. The summed E-state index contributed by atoms with van der Waals surface area (Å²) in [4.78, 5) is 25.6. The Labute approximate surface area is 125 Å². The molecule has 1 aromatic carbocycles. The van der Waals surface area contributed by atoms with E-state index in [4.69, 9.17) is 4.74 Å². The van der Waals surface area contributed by atoms with E-state index in [1.807, 2.05) is 18.7 Å². The van der Waals surface area contributed by atoms with E-state index in [0.29, 0.717) is 30.8 Å². The molecule has 2 rings (SSSR count). The predicted octanol–water partition coefficient (Wildman–Crippen LogP) is 2.28. The minimum atomic E-state index is -0.0371. The molecular formula is C16H22N2O3. The van der Waals surface area contributed by atoms with Crippen molar-refractivity contribution in [2.45, 2.75) is 39.4 Å². The van der Waals surface area contributed by atoms with Gasteiger partial charge in [0.15, 0.2) is 0 Å². The maximum absolute atomic E-state index is 12.5. The van der Waals surface area contributed by atoms with Gasteiger partial charge in [-0.3, -0.25) is 9.59 Å². The Morgan fingerprint density at radius 3 is 2.29 bits per heavy atom. The highest BCUT2D eigenvalue weighted by Crippen LogP contribution is 2.16. The Balaban J connectivity index is 2.04.